The first-order valence-electron chi connectivity index (χ1n) is 9.63. The third-order valence-electron chi connectivity index (χ3n) is 5.46. The Morgan fingerprint density at radius 2 is 1.78 bits per heavy atom. The van der Waals surface area contributed by atoms with Gasteiger partial charge in [-0.15, -0.1) is 0 Å². The van der Waals surface area contributed by atoms with Gasteiger partial charge in [-0.3, -0.25) is 9.69 Å². The minimum Gasteiger partial charge on any atom is -0.497 e. The maximum Gasteiger partial charge on any atom is 0.254 e. The molecule has 0 N–H and O–H groups in total. The molecule has 4 rings (SSSR count). The summed E-state index contributed by atoms with van der Waals surface area (Å²) < 4.78 is 11.3. The lowest BCUT2D eigenvalue weighted by Crippen LogP contribution is -2.42. The van der Waals surface area contributed by atoms with Crippen LogP contribution in [0.4, 0.5) is 0 Å². The van der Waals surface area contributed by atoms with Crippen LogP contribution in [-0.2, 0) is 6.42 Å². The highest BCUT2D eigenvalue weighted by atomic mass is 16.5. The number of carbonyl (C=O) groups is 1. The van der Waals surface area contributed by atoms with Gasteiger partial charge >= 0.3 is 0 Å². The zero-order valence-electron chi connectivity index (χ0n) is 15.8. The summed E-state index contributed by atoms with van der Waals surface area (Å²) >= 11 is 0. The molecule has 0 saturated carbocycles. The molecule has 0 aliphatic carbocycles. The minimum atomic E-state index is 0.169. The normalized spacial score (nSPS) is 19.8. The lowest BCUT2D eigenvalue weighted by atomic mass is 9.99. The van der Waals surface area contributed by atoms with Crippen molar-refractivity contribution in [1.82, 2.24) is 9.80 Å². The summed E-state index contributed by atoms with van der Waals surface area (Å²) in [6.45, 7) is 4.42. The van der Waals surface area contributed by atoms with Crippen molar-refractivity contribution in [1.29, 1.82) is 0 Å². The average Bonchev–Trinajstić information content (AvgIpc) is 3.15. The largest absolute Gasteiger partial charge is 0.497 e. The van der Waals surface area contributed by atoms with E-state index in [9.17, 15) is 4.79 Å². The third-order valence-corrected chi connectivity index (χ3v) is 5.46. The monoisotopic (exact) mass is 366 g/mol. The highest BCUT2D eigenvalue weighted by molar-refractivity contribution is 5.96. The van der Waals surface area contributed by atoms with Crippen LogP contribution in [0.1, 0.15) is 22.3 Å². The van der Waals surface area contributed by atoms with Crippen molar-refractivity contribution in [2.24, 2.45) is 0 Å². The van der Waals surface area contributed by atoms with E-state index in [-0.39, 0.29) is 12.0 Å². The van der Waals surface area contributed by atoms with Crippen LogP contribution in [0.15, 0.2) is 48.5 Å². The molecule has 142 valence electrons. The fourth-order valence-corrected chi connectivity index (χ4v) is 3.89. The predicted octanol–water partition coefficient (Wildman–Crippen LogP) is 2.85. The molecule has 2 aliphatic rings. The van der Waals surface area contributed by atoms with Crippen molar-refractivity contribution >= 4 is 5.91 Å². The minimum absolute atomic E-state index is 0.169. The Balaban J connectivity index is 1.26. The van der Waals surface area contributed by atoms with Crippen molar-refractivity contribution < 1.29 is 14.3 Å². The molecule has 2 aromatic carbocycles. The number of hydrogen-bond acceptors (Lipinski definition) is 4. The second-order valence-corrected chi connectivity index (χ2v) is 7.20. The van der Waals surface area contributed by atoms with E-state index in [1.165, 1.54) is 5.56 Å². The third kappa shape index (κ3) is 4.08. The van der Waals surface area contributed by atoms with Gasteiger partial charge in [-0.1, -0.05) is 18.2 Å². The lowest BCUT2D eigenvalue weighted by Gasteiger charge is -2.30. The molecule has 0 aromatic heterocycles. The number of benzene rings is 2. The Hall–Kier alpha value is -2.53. The number of amides is 1. The molecule has 0 spiro atoms. The fourth-order valence-electron chi connectivity index (χ4n) is 3.89. The quantitative estimate of drug-likeness (QED) is 0.788. The van der Waals surface area contributed by atoms with Crippen LogP contribution in [0, 0.1) is 0 Å². The summed E-state index contributed by atoms with van der Waals surface area (Å²) in [5.41, 5.74) is 2.04. The molecule has 5 heteroatoms. The number of methoxy groups -OCH3 is 1. The Labute approximate surface area is 160 Å². The van der Waals surface area contributed by atoms with Crippen LogP contribution >= 0.6 is 0 Å². The van der Waals surface area contributed by atoms with E-state index in [2.05, 4.69) is 11.0 Å². The first-order chi connectivity index (χ1) is 13.2. The lowest BCUT2D eigenvalue weighted by molar-refractivity contribution is 0.0722. The molecule has 1 saturated heterocycles. The first kappa shape index (κ1) is 17.9. The molecular weight excluding hydrogens is 340 g/mol. The van der Waals surface area contributed by atoms with Gasteiger partial charge in [0.25, 0.3) is 5.91 Å². The Morgan fingerprint density at radius 1 is 1.00 bits per heavy atom. The molecule has 5 nitrogen and oxygen atoms in total. The highest BCUT2D eigenvalue weighted by Crippen LogP contribution is 2.22. The van der Waals surface area contributed by atoms with Gasteiger partial charge in [0.2, 0.25) is 0 Å². The number of carbonyl (C=O) groups excluding carboxylic acids is 1. The smallest absolute Gasteiger partial charge is 0.254 e. The van der Waals surface area contributed by atoms with E-state index in [1.54, 1.807) is 7.11 Å². The van der Waals surface area contributed by atoms with Crippen LogP contribution < -0.4 is 9.47 Å². The van der Waals surface area contributed by atoms with Crippen LogP contribution in [0.25, 0.3) is 0 Å². The van der Waals surface area contributed by atoms with Crippen LogP contribution in [0.3, 0.4) is 0 Å². The maximum atomic E-state index is 12.7. The Bertz CT molecular complexity index is 790. The molecule has 1 amide bonds. The van der Waals surface area contributed by atoms with Gasteiger partial charge in [-0.2, -0.15) is 0 Å². The Morgan fingerprint density at radius 3 is 2.59 bits per heavy atom. The summed E-state index contributed by atoms with van der Waals surface area (Å²) in [5.74, 6) is 1.88. The second-order valence-electron chi connectivity index (χ2n) is 7.20. The number of nitrogens with zero attached hydrogens (tertiary/aromatic N) is 2. The van der Waals surface area contributed by atoms with Gasteiger partial charge in [-0.25, -0.2) is 0 Å². The van der Waals surface area contributed by atoms with Crippen molar-refractivity contribution in [3.05, 3.63) is 59.7 Å². The number of hydrogen-bond donors (Lipinski definition) is 0. The molecule has 1 fully saturated rings. The van der Waals surface area contributed by atoms with Crippen LogP contribution in [-0.4, -0.2) is 61.6 Å². The summed E-state index contributed by atoms with van der Waals surface area (Å²) in [5, 5.41) is 0. The summed E-state index contributed by atoms with van der Waals surface area (Å²) in [6, 6.07) is 15.7. The summed E-state index contributed by atoms with van der Waals surface area (Å²) in [4.78, 5) is 17.0. The number of rotatable bonds is 6. The molecule has 2 heterocycles. The molecule has 0 unspecified atom stereocenters. The van der Waals surface area contributed by atoms with Gasteiger partial charge in [0.05, 0.1) is 7.11 Å². The van der Waals surface area contributed by atoms with E-state index in [0.29, 0.717) is 0 Å². The summed E-state index contributed by atoms with van der Waals surface area (Å²) in [7, 11) is 1.66. The topological polar surface area (TPSA) is 42.0 Å². The molecule has 2 aliphatic heterocycles. The van der Waals surface area contributed by atoms with Gasteiger partial charge in [0.1, 0.15) is 17.6 Å². The van der Waals surface area contributed by atoms with Crippen molar-refractivity contribution in [3.8, 4) is 11.5 Å². The van der Waals surface area contributed by atoms with Crippen LogP contribution in [0.5, 0.6) is 11.5 Å². The molecule has 27 heavy (non-hydrogen) atoms. The maximum absolute atomic E-state index is 12.7. The molecule has 2 aromatic rings. The van der Waals surface area contributed by atoms with Crippen molar-refractivity contribution in [2.75, 3.05) is 39.8 Å². The highest BCUT2D eigenvalue weighted by Gasteiger charge is 2.27. The van der Waals surface area contributed by atoms with Gasteiger partial charge in [0.15, 0.2) is 0 Å². The van der Waals surface area contributed by atoms with E-state index in [4.69, 9.17) is 9.47 Å². The van der Waals surface area contributed by atoms with E-state index >= 15 is 0 Å². The average molecular weight is 366 g/mol. The molecular formula is C22H26N2O3. The molecule has 1 atom stereocenters. The van der Waals surface area contributed by atoms with Crippen LogP contribution in [0.2, 0.25) is 0 Å². The van der Waals surface area contributed by atoms with Gasteiger partial charge in [0, 0.05) is 38.3 Å². The predicted molar refractivity (Wildman–Crippen MR) is 105 cm³/mol. The van der Waals surface area contributed by atoms with E-state index < -0.39 is 0 Å². The van der Waals surface area contributed by atoms with Gasteiger partial charge in [-0.05, 0) is 48.7 Å². The summed E-state index contributed by atoms with van der Waals surface area (Å²) in [6.07, 6.45) is 2.17. The second kappa shape index (κ2) is 8.01. The Kier molecular flexibility index (Phi) is 5.30. The molecule has 0 bridgehead atoms. The first-order valence-corrected chi connectivity index (χ1v) is 9.63. The number of fused-ring (bicyclic) bond motifs is 1. The van der Waals surface area contributed by atoms with E-state index in [1.807, 2.05) is 47.4 Å². The SMILES string of the molecule is COc1ccc(O[C@@H]2CCN(CCN3CCc4ccccc4C3=O)C2)cc1. The number of ether oxygens (including phenoxy) is 2. The number of likely N-dealkylation sites (tertiary alicyclic amines) is 1. The fraction of sp³-hybridized carbons (Fsp3) is 0.409. The van der Waals surface area contributed by atoms with Gasteiger partial charge < -0.3 is 14.4 Å². The zero-order valence-corrected chi connectivity index (χ0v) is 15.8. The van der Waals surface area contributed by atoms with Crippen molar-refractivity contribution in [2.45, 2.75) is 18.9 Å². The zero-order chi connectivity index (χ0) is 18.6. The van der Waals surface area contributed by atoms with E-state index in [0.717, 1.165) is 62.6 Å². The standard InChI is InChI=1S/C22H26N2O3/c1-26-18-6-8-19(9-7-18)27-20-11-12-23(16-20)14-15-24-13-10-17-4-2-3-5-21(17)22(24)25/h2-9,20H,10-16H2,1H3/t20-/m1/s1. The molecule has 0 radical (unpaired) electrons. The van der Waals surface area contributed by atoms with Crippen molar-refractivity contribution in [3.63, 3.8) is 0 Å².